The lowest BCUT2D eigenvalue weighted by Gasteiger charge is -2.19. The van der Waals surface area contributed by atoms with Crippen molar-refractivity contribution in [1.29, 1.82) is 0 Å². The van der Waals surface area contributed by atoms with E-state index in [4.69, 9.17) is 0 Å². The van der Waals surface area contributed by atoms with Gasteiger partial charge < -0.3 is 5.11 Å². The Labute approximate surface area is 118 Å². The van der Waals surface area contributed by atoms with Gasteiger partial charge in [0.05, 0.1) is 0 Å². The van der Waals surface area contributed by atoms with Crippen LogP contribution in [0.2, 0.25) is 0 Å². The fourth-order valence-corrected chi connectivity index (χ4v) is 2.86. The van der Waals surface area contributed by atoms with Crippen LogP contribution in [-0.4, -0.2) is 23.1 Å². The molecule has 0 aromatic heterocycles. The smallest absolute Gasteiger partial charge is 0.127 e. The summed E-state index contributed by atoms with van der Waals surface area (Å²) in [4.78, 5) is 2.31. The molecule has 0 saturated heterocycles. The monoisotopic (exact) mass is 271 g/mol. The van der Waals surface area contributed by atoms with E-state index in [1.54, 1.807) is 6.07 Å². The van der Waals surface area contributed by atoms with Crippen molar-refractivity contribution in [3.63, 3.8) is 0 Å². The van der Waals surface area contributed by atoms with Gasteiger partial charge in [-0.05, 0) is 41.7 Å². The van der Waals surface area contributed by atoms with Gasteiger partial charge in [-0.15, -0.1) is 0 Å². The van der Waals surface area contributed by atoms with Crippen LogP contribution in [0.1, 0.15) is 16.7 Å². The lowest BCUT2D eigenvalue weighted by atomic mass is 10.0. The van der Waals surface area contributed by atoms with E-state index in [9.17, 15) is 9.50 Å². The molecule has 0 aliphatic carbocycles. The Hall–Kier alpha value is -1.87. The van der Waals surface area contributed by atoms with Gasteiger partial charge in [-0.2, -0.15) is 0 Å². The van der Waals surface area contributed by atoms with Crippen molar-refractivity contribution in [1.82, 2.24) is 4.90 Å². The number of aromatic hydroxyl groups is 1. The van der Waals surface area contributed by atoms with E-state index in [-0.39, 0.29) is 11.6 Å². The normalized spacial score (nSPS) is 15.7. The molecule has 1 aliphatic heterocycles. The Morgan fingerprint density at radius 2 is 1.65 bits per heavy atom. The summed E-state index contributed by atoms with van der Waals surface area (Å²) >= 11 is 0. The van der Waals surface area contributed by atoms with Gasteiger partial charge in [0.1, 0.15) is 11.6 Å². The third kappa shape index (κ3) is 2.99. The molecule has 0 spiro atoms. The van der Waals surface area contributed by atoms with Crippen molar-refractivity contribution in [3.05, 3.63) is 65.0 Å². The highest BCUT2D eigenvalue weighted by Crippen LogP contribution is 2.19. The Morgan fingerprint density at radius 3 is 2.25 bits per heavy atom. The van der Waals surface area contributed by atoms with Crippen LogP contribution in [0.15, 0.2) is 42.5 Å². The number of hydrogen-bond acceptors (Lipinski definition) is 2. The number of hydrogen-bond donors (Lipinski definition) is 1. The van der Waals surface area contributed by atoms with Gasteiger partial charge in [-0.25, -0.2) is 4.39 Å². The van der Waals surface area contributed by atoms with Crippen LogP contribution in [0, 0.1) is 5.82 Å². The molecular weight excluding hydrogens is 253 g/mol. The summed E-state index contributed by atoms with van der Waals surface area (Å²) in [5.74, 6) is -0.379. The molecule has 0 radical (unpaired) electrons. The van der Waals surface area contributed by atoms with Crippen molar-refractivity contribution < 1.29 is 9.50 Å². The number of rotatable bonds is 2. The van der Waals surface area contributed by atoms with E-state index < -0.39 is 0 Å². The molecule has 0 unspecified atom stereocenters. The van der Waals surface area contributed by atoms with E-state index in [0.29, 0.717) is 6.54 Å². The molecule has 3 heteroatoms. The first kappa shape index (κ1) is 13.1. The van der Waals surface area contributed by atoms with Gasteiger partial charge in [-0.3, -0.25) is 4.90 Å². The third-order valence-corrected chi connectivity index (χ3v) is 3.86. The Morgan fingerprint density at radius 1 is 1.00 bits per heavy atom. The number of halogens is 1. The minimum atomic E-state index is -0.377. The minimum absolute atomic E-state index is 0.00175. The molecular formula is C17H18FNO. The first-order valence-corrected chi connectivity index (χ1v) is 6.98. The first-order valence-electron chi connectivity index (χ1n) is 6.98. The topological polar surface area (TPSA) is 23.5 Å². The zero-order chi connectivity index (χ0) is 13.9. The number of benzene rings is 2. The zero-order valence-corrected chi connectivity index (χ0v) is 11.3. The van der Waals surface area contributed by atoms with Crippen LogP contribution < -0.4 is 0 Å². The van der Waals surface area contributed by atoms with Crippen LogP contribution in [0.4, 0.5) is 4.39 Å². The maximum absolute atomic E-state index is 13.3. The molecule has 2 aromatic rings. The van der Waals surface area contributed by atoms with Gasteiger partial charge in [0.15, 0.2) is 0 Å². The summed E-state index contributed by atoms with van der Waals surface area (Å²) in [7, 11) is 0. The molecule has 0 fully saturated rings. The van der Waals surface area contributed by atoms with Gasteiger partial charge >= 0.3 is 0 Å². The maximum atomic E-state index is 13.3. The third-order valence-electron chi connectivity index (χ3n) is 3.86. The van der Waals surface area contributed by atoms with Gasteiger partial charge in [0, 0.05) is 25.7 Å². The predicted octanol–water partition coefficient (Wildman–Crippen LogP) is 3.13. The number of fused-ring (bicyclic) bond motifs is 1. The highest BCUT2D eigenvalue weighted by molar-refractivity contribution is 5.30. The van der Waals surface area contributed by atoms with Crippen molar-refractivity contribution in [2.45, 2.75) is 19.4 Å². The lowest BCUT2D eigenvalue weighted by molar-refractivity contribution is 0.278. The lowest BCUT2D eigenvalue weighted by Crippen LogP contribution is -2.25. The molecule has 3 rings (SSSR count). The number of nitrogens with zero attached hydrogens (tertiary/aromatic N) is 1. The average molecular weight is 271 g/mol. The molecule has 2 aromatic carbocycles. The van der Waals surface area contributed by atoms with Crippen molar-refractivity contribution in [2.75, 3.05) is 13.1 Å². The predicted molar refractivity (Wildman–Crippen MR) is 77.2 cm³/mol. The summed E-state index contributed by atoms with van der Waals surface area (Å²) in [6.07, 6.45) is 2.05. The maximum Gasteiger partial charge on any atom is 0.127 e. The molecule has 1 heterocycles. The molecule has 1 N–H and O–H groups in total. The standard InChI is InChI=1S/C17H18FNO/c18-16-9-13(10-17(20)11-16)12-19-7-5-14-3-1-2-4-15(14)6-8-19/h1-4,9-11,20H,5-8,12H2. The van der Waals surface area contributed by atoms with E-state index in [1.165, 1.54) is 17.2 Å². The number of phenolic OH excluding ortho intramolecular Hbond substituents is 1. The van der Waals surface area contributed by atoms with E-state index in [0.717, 1.165) is 37.6 Å². The summed E-state index contributed by atoms with van der Waals surface area (Å²) < 4.78 is 13.3. The average Bonchev–Trinajstić information content (AvgIpc) is 2.61. The molecule has 0 amide bonds. The fraction of sp³-hybridized carbons (Fsp3) is 0.294. The summed E-state index contributed by atoms with van der Waals surface area (Å²) in [5, 5.41) is 9.46. The van der Waals surface area contributed by atoms with Gasteiger partial charge in [0.2, 0.25) is 0 Å². The summed E-state index contributed by atoms with van der Waals surface area (Å²) in [6.45, 7) is 2.61. The molecule has 20 heavy (non-hydrogen) atoms. The quantitative estimate of drug-likeness (QED) is 0.907. The van der Waals surface area contributed by atoms with Gasteiger partial charge in [0.25, 0.3) is 0 Å². The second-order valence-corrected chi connectivity index (χ2v) is 5.36. The summed E-state index contributed by atoms with van der Waals surface area (Å²) in [6, 6.07) is 12.8. The second kappa shape index (κ2) is 5.63. The highest BCUT2D eigenvalue weighted by atomic mass is 19.1. The largest absolute Gasteiger partial charge is 0.508 e. The van der Waals surface area contributed by atoms with Crippen LogP contribution in [-0.2, 0) is 19.4 Å². The van der Waals surface area contributed by atoms with Crippen molar-refractivity contribution in [3.8, 4) is 5.75 Å². The van der Waals surface area contributed by atoms with Gasteiger partial charge in [-0.1, -0.05) is 24.3 Å². The Bertz CT molecular complexity index is 564. The second-order valence-electron chi connectivity index (χ2n) is 5.36. The molecule has 0 saturated carbocycles. The zero-order valence-electron chi connectivity index (χ0n) is 11.3. The number of phenols is 1. The van der Waals surface area contributed by atoms with Crippen LogP contribution in [0.25, 0.3) is 0 Å². The first-order chi connectivity index (χ1) is 9.70. The summed E-state index contributed by atoms with van der Waals surface area (Å²) in [5.41, 5.74) is 3.66. The fourth-order valence-electron chi connectivity index (χ4n) is 2.86. The molecule has 1 aliphatic rings. The minimum Gasteiger partial charge on any atom is -0.508 e. The molecule has 2 nitrogen and oxygen atoms in total. The Kier molecular flexibility index (Phi) is 3.70. The van der Waals surface area contributed by atoms with Crippen molar-refractivity contribution in [2.24, 2.45) is 0 Å². The van der Waals surface area contributed by atoms with Crippen LogP contribution in [0.5, 0.6) is 5.75 Å². The SMILES string of the molecule is Oc1cc(F)cc(CN2CCc3ccccc3CC2)c1. The Balaban J connectivity index is 1.71. The molecule has 104 valence electrons. The van der Waals surface area contributed by atoms with E-state index >= 15 is 0 Å². The van der Waals surface area contributed by atoms with E-state index in [1.807, 2.05) is 0 Å². The van der Waals surface area contributed by atoms with Crippen LogP contribution >= 0.6 is 0 Å². The van der Waals surface area contributed by atoms with Crippen molar-refractivity contribution >= 4 is 0 Å². The molecule has 0 atom stereocenters. The van der Waals surface area contributed by atoms with E-state index in [2.05, 4.69) is 29.2 Å². The highest BCUT2D eigenvalue weighted by Gasteiger charge is 2.14. The molecule has 0 bridgehead atoms. The van der Waals surface area contributed by atoms with Crippen LogP contribution in [0.3, 0.4) is 0 Å².